The number of thioether (sulfide) groups is 2. The van der Waals surface area contributed by atoms with E-state index in [1.807, 2.05) is 24.5 Å². The maximum absolute atomic E-state index is 12.8. The van der Waals surface area contributed by atoms with E-state index in [4.69, 9.17) is 0 Å². The van der Waals surface area contributed by atoms with Gasteiger partial charge < -0.3 is 10.6 Å². The number of nitrogens with one attached hydrogen (secondary N) is 2. The summed E-state index contributed by atoms with van der Waals surface area (Å²) in [6, 6.07) is 12.1. The summed E-state index contributed by atoms with van der Waals surface area (Å²) in [6.45, 7) is 3.38. The van der Waals surface area contributed by atoms with Crippen molar-refractivity contribution in [3.05, 3.63) is 42.5 Å². The molecule has 0 unspecified atom stereocenters. The van der Waals surface area contributed by atoms with Gasteiger partial charge in [0.25, 0.3) is 0 Å². The first-order valence-electron chi connectivity index (χ1n) is 8.99. The Bertz CT molecular complexity index is 1050. The molecule has 0 saturated carbocycles. The van der Waals surface area contributed by atoms with Crippen LogP contribution in [0.1, 0.15) is 13.8 Å². The summed E-state index contributed by atoms with van der Waals surface area (Å²) >= 11 is 2.95. The van der Waals surface area contributed by atoms with Crippen molar-refractivity contribution in [3.63, 3.8) is 0 Å². The van der Waals surface area contributed by atoms with Crippen LogP contribution < -0.4 is 10.6 Å². The third-order valence-electron chi connectivity index (χ3n) is 4.50. The Morgan fingerprint density at radius 2 is 2.03 bits per heavy atom. The van der Waals surface area contributed by atoms with E-state index in [9.17, 15) is 18.0 Å². The first-order valence-corrected chi connectivity index (χ1v) is 12.7. The van der Waals surface area contributed by atoms with Crippen LogP contribution in [-0.2, 0) is 19.4 Å². The lowest BCUT2D eigenvalue weighted by molar-refractivity contribution is -0.119. The topological polar surface area (TPSA) is 92.3 Å². The molecule has 1 aliphatic rings. The fourth-order valence-electron chi connectivity index (χ4n) is 2.85. The number of sulfone groups is 1. The number of carbonyl (C=O) groups excluding carboxylic acids is 2. The summed E-state index contributed by atoms with van der Waals surface area (Å²) in [4.78, 5) is 26.3. The molecule has 6 nitrogen and oxygen atoms in total. The van der Waals surface area contributed by atoms with Gasteiger partial charge in [0.2, 0.25) is 11.8 Å². The average Bonchev–Trinajstić information content (AvgIpc) is 2.68. The third kappa shape index (κ3) is 5.15. The van der Waals surface area contributed by atoms with Crippen molar-refractivity contribution >= 4 is 56.6 Å². The van der Waals surface area contributed by atoms with Gasteiger partial charge in [0.15, 0.2) is 9.84 Å². The third-order valence-corrected chi connectivity index (χ3v) is 8.31. The number of fused-ring (bicyclic) bond motifs is 1. The molecule has 2 aromatic rings. The van der Waals surface area contributed by atoms with E-state index in [2.05, 4.69) is 10.6 Å². The molecule has 0 aromatic heterocycles. The normalized spacial score (nSPS) is 17.2. The first kappa shape index (κ1) is 21.7. The molecule has 2 atom stereocenters. The Hall–Kier alpha value is -1.97. The lowest BCUT2D eigenvalue weighted by Crippen LogP contribution is -2.28. The van der Waals surface area contributed by atoms with Gasteiger partial charge in [-0.3, -0.25) is 9.59 Å². The summed E-state index contributed by atoms with van der Waals surface area (Å²) in [6.07, 6.45) is 1.94. The van der Waals surface area contributed by atoms with Crippen LogP contribution in [0.3, 0.4) is 0 Å². The standard InChI is InChI=1S/C20H22N2O4S3/c1-12(19(23)21-14-5-4-6-15(9-14)27-3)11-29(25,26)16-7-8-18-17(10-16)22-20(24)13(2)28-18/h4-10,12-13H,11H2,1-3H3,(H,21,23)(H,22,24)/t12-,13+/m0/s1. The van der Waals surface area contributed by atoms with Gasteiger partial charge in [0.1, 0.15) is 0 Å². The predicted octanol–water partition coefficient (Wildman–Crippen LogP) is 3.89. The molecule has 2 amide bonds. The summed E-state index contributed by atoms with van der Waals surface area (Å²) in [7, 11) is -3.70. The summed E-state index contributed by atoms with van der Waals surface area (Å²) in [5, 5.41) is 5.29. The molecule has 1 aliphatic heterocycles. The fraction of sp³-hybridized carbons (Fsp3) is 0.300. The average molecular weight is 451 g/mol. The van der Waals surface area contributed by atoms with Gasteiger partial charge >= 0.3 is 0 Å². The van der Waals surface area contributed by atoms with E-state index < -0.39 is 15.8 Å². The van der Waals surface area contributed by atoms with Crippen LogP contribution >= 0.6 is 23.5 Å². The highest BCUT2D eigenvalue weighted by Gasteiger charge is 2.27. The van der Waals surface area contributed by atoms with E-state index in [0.717, 1.165) is 9.79 Å². The zero-order chi connectivity index (χ0) is 21.2. The van der Waals surface area contributed by atoms with Crippen molar-refractivity contribution in [2.45, 2.75) is 33.8 Å². The maximum atomic E-state index is 12.8. The lowest BCUT2D eigenvalue weighted by atomic mass is 10.2. The van der Waals surface area contributed by atoms with Gasteiger partial charge in [-0.2, -0.15) is 0 Å². The van der Waals surface area contributed by atoms with Gasteiger partial charge in [-0.1, -0.05) is 13.0 Å². The molecule has 0 radical (unpaired) electrons. The van der Waals surface area contributed by atoms with E-state index in [1.165, 1.54) is 23.9 Å². The number of carbonyl (C=O) groups is 2. The molecule has 9 heteroatoms. The zero-order valence-corrected chi connectivity index (χ0v) is 18.7. The zero-order valence-electron chi connectivity index (χ0n) is 16.3. The van der Waals surface area contributed by atoms with Crippen molar-refractivity contribution in [1.82, 2.24) is 0 Å². The quantitative estimate of drug-likeness (QED) is 0.649. The molecule has 2 aromatic carbocycles. The van der Waals surface area contributed by atoms with Crippen LogP contribution in [0.4, 0.5) is 11.4 Å². The van der Waals surface area contributed by atoms with Crippen LogP contribution in [0.2, 0.25) is 0 Å². The van der Waals surface area contributed by atoms with Gasteiger partial charge in [-0.15, -0.1) is 23.5 Å². The molecule has 0 saturated heterocycles. The van der Waals surface area contributed by atoms with E-state index in [-0.39, 0.29) is 27.7 Å². The minimum atomic E-state index is -3.70. The van der Waals surface area contributed by atoms with Crippen molar-refractivity contribution in [2.24, 2.45) is 5.92 Å². The van der Waals surface area contributed by atoms with E-state index >= 15 is 0 Å². The van der Waals surface area contributed by atoms with Crippen LogP contribution in [0, 0.1) is 5.92 Å². The second-order valence-electron chi connectivity index (χ2n) is 6.81. The Balaban J connectivity index is 1.72. The Morgan fingerprint density at radius 3 is 2.76 bits per heavy atom. The van der Waals surface area contributed by atoms with Crippen LogP contribution in [0.15, 0.2) is 57.2 Å². The molecule has 3 rings (SSSR count). The molecule has 2 N–H and O–H groups in total. The lowest BCUT2D eigenvalue weighted by Gasteiger charge is -2.22. The van der Waals surface area contributed by atoms with Crippen LogP contribution in [-0.4, -0.2) is 37.5 Å². The van der Waals surface area contributed by atoms with E-state index in [1.54, 1.807) is 37.7 Å². The monoisotopic (exact) mass is 450 g/mol. The predicted molar refractivity (Wildman–Crippen MR) is 118 cm³/mol. The molecule has 0 bridgehead atoms. The summed E-state index contributed by atoms with van der Waals surface area (Å²) < 4.78 is 25.7. The Kier molecular flexibility index (Phi) is 6.60. The molecule has 154 valence electrons. The van der Waals surface area contributed by atoms with Crippen molar-refractivity contribution in [2.75, 3.05) is 22.6 Å². The molecular formula is C20H22N2O4S3. The smallest absolute Gasteiger partial charge is 0.237 e. The van der Waals surface area contributed by atoms with Gasteiger partial charge in [0.05, 0.1) is 21.6 Å². The number of benzene rings is 2. The van der Waals surface area contributed by atoms with E-state index in [0.29, 0.717) is 11.4 Å². The summed E-state index contributed by atoms with van der Waals surface area (Å²) in [5.41, 5.74) is 1.12. The molecule has 0 aliphatic carbocycles. The fourth-order valence-corrected chi connectivity index (χ4v) is 5.81. The van der Waals surface area contributed by atoms with Crippen molar-refractivity contribution < 1.29 is 18.0 Å². The number of hydrogen-bond acceptors (Lipinski definition) is 6. The van der Waals surface area contributed by atoms with Crippen LogP contribution in [0.25, 0.3) is 0 Å². The van der Waals surface area contributed by atoms with Gasteiger partial charge in [-0.25, -0.2) is 8.42 Å². The second kappa shape index (κ2) is 8.81. The van der Waals surface area contributed by atoms with Gasteiger partial charge in [0, 0.05) is 21.4 Å². The largest absolute Gasteiger partial charge is 0.326 e. The minimum absolute atomic E-state index is 0.0933. The number of hydrogen-bond donors (Lipinski definition) is 2. The SMILES string of the molecule is CSc1cccc(NC(=O)[C@@H](C)CS(=O)(=O)c2ccc3c(c2)NC(=O)[C@@H](C)S3)c1. The Labute approximate surface area is 179 Å². The highest BCUT2D eigenvalue weighted by molar-refractivity contribution is 8.01. The molecule has 0 spiro atoms. The first-order chi connectivity index (χ1) is 13.7. The Morgan fingerprint density at radius 1 is 1.28 bits per heavy atom. The minimum Gasteiger partial charge on any atom is -0.326 e. The highest BCUT2D eigenvalue weighted by Crippen LogP contribution is 2.37. The highest BCUT2D eigenvalue weighted by atomic mass is 32.2. The maximum Gasteiger partial charge on any atom is 0.237 e. The number of anilines is 2. The summed E-state index contributed by atoms with van der Waals surface area (Å²) in [5.74, 6) is -1.57. The molecule has 1 heterocycles. The van der Waals surface area contributed by atoms with Gasteiger partial charge in [-0.05, 0) is 49.6 Å². The molecular weight excluding hydrogens is 428 g/mol. The number of amides is 2. The molecule has 29 heavy (non-hydrogen) atoms. The van der Waals surface area contributed by atoms with Crippen molar-refractivity contribution in [1.29, 1.82) is 0 Å². The van der Waals surface area contributed by atoms with Crippen molar-refractivity contribution in [3.8, 4) is 0 Å². The van der Waals surface area contributed by atoms with Crippen LogP contribution in [0.5, 0.6) is 0 Å². The second-order valence-corrected chi connectivity index (χ2v) is 11.1. The number of rotatable bonds is 6. The molecule has 0 fully saturated rings.